The molecule has 2 atom stereocenters. The van der Waals surface area contributed by atoms with E-state index in [1.54, 1.807) is 0 Å². The molecule has 2 heteroatoms. The maximum Gasteiger partial charge on any atom is 0.0256 e. The van der Waals surface area contributed by atoms with Gasteiger partial charge < -0.3 is 0 Å². The molecule has 3 rings (SSSR count). The highest BCUT2D eigenvalue weighted by molar-refractivity contribution is 5.40. The molecule has 1 aliphatic rings. The molecule has 0 aromatic heterocycles. The lowest BCUT2D eigenvalue weighted by Gasteiger charge is -2.33. The topological polar surface area (TPSA) is 38.0 Å². The van der Waals surface area contributed by atoms with E-state index in [4.69, 9.17) is 5.84 Å². The fourth-order valence-corrected chi connectivity index (χ4v) is 3.14. The third kappa shape index (κ3) is 2.77. The van der Waals surface area contributed by atoms with Gasteiger partial charge in [0.1, 0.15) is 0 Å². The van der Waals surface area contributed by atoms with Gasteiger partial charge in [0.2, 0.25) is 0 Å². The Hall–Kier alpha value is -1.64. The zero-order chi connectivity index (χ0) is 13.9. The van der Waals surface area contributed by atoms with Crippen LogP contribution in [0.4, 0.5) is 0 Å². The Morgan fingerprint density at radius 2 is 1.90 bits per heavy atom. The van der Waals surface area contributed by atoms with Gasteiger partial charge in [0.15, 0.2) is 0 Å². The number of rotatable bonds is 5. The van der Waals surface area contributed by atoms with Gasteiger partial charge in [-0.3, -0.25) is 11.3 Å². The Balaban J connectivity index is 1.62. The minimum Gasteiger partial charge on any atom is -0.271 e. The second-order valence-corrected chi connectivity index (χ2v) is 5.89. The number of hydrogen-bond acceptors (Lipinski definition) is 2. The van der Waals surface area contributed by atoms with Crippen molar-refractivity contribution < 1.29 is 0 Å². The summed E-state index contributed by atoms with van der Waals surface area (Å²) in [5.74, 6) is 6.41. The molecule has 2 nitrogen and oxygen atoms in total. The van der Waals surface area contributed by atoms with Crippen LogP contribution in [0.25, 0.3) is 0 Å². The molecule has 0 fully saturated rings. The first kappa shape index (κ1) is 13.3. The lowest BCUT2D eigenvalue weighted by atomic mass is 9.74. The van der Waals surface area contributed by atoms with E-state index in [0.29, 0.717) is 12.0 Å². The molecule has 20 heavy (non-hydrogen) atoms. The Morgan fingerprint density at radius 1 is 1.15 bits per heavy atom. The van der Waals surface area contributed by atoms with Gasteiger partial charge >= 0.3 is 0 Å². The zero-order valence-corrected chi connectivity index (χ0v) is 12.0. The van der Waals surface area contributed by atoms with Gasteiger partial charge in [-0.25, -0.2) is 0 Å². The molecule has 0 bridgehead atoms. The standard InChI is InChI=1S/C18H22N2/c1-13-6-8-14(9-7-13)10-17(20-19)12-16-11-15-4-2-3-5-18(15)16/h2-9,16-17,20H,10-12,19H2,1H3. The molecule has 3 N–H and O–H groups in total. The summed E-state index contributed by atoms with van der Waals surface area (Å²) in [4.78, 5) is 0. The van der Waals surface area contributed by atoms with Crippen LogP contribution in [0.5, 0.6) is 0 Å². The lowest BCUT2D eigenvalue weighted by molar-refractivity contribution is 0.422. The Kier molecular flexibility index (Phi) is 3.86. The average molecular weight is 266 g/mol. The van der Waals surface area contributed by atoms with E-state index in [1.165, 1.54) is 28.7 Å². The highest BCUT2D eigenvalue weighted by Gasteiger charge is 2.27. The van der Waals surface area contributed by atoms with Crippen molar-refractivity contribution in [3.8, 4) is 0 Å². The van der Waals surface area contributed by atoms with Crippen molar-refractivity contribution in [2.75, 3.05) is 0 Å². The first-order valence-electron chi connectivity index (χ1n) is 7.35. The summed E-state index contributed by atoms with van der Waals surface area (Å²) in [6, 6.07) is 17.8. The van der Waals surface area contributed by atoms with E-state index < -0.39 is 0 Å². The highest BCUT2D eigenvalue weighted by atomic mass is 15.2. The monoisotopic (exact) mass is 266 g/mol. The third-order valence-electron chi connectivity index (χ3n) is 4.37. The first-order chi connectivity index (χ1) is 9.76. The number of nitrogens with one attached hydrogen (secondary N) is 1. The SMILES string of the molecule is Cc1ccc(CC(CC2Cc3ccccc32)NN)cc1. The molecule has 2 aromatic carbocycles. The fourth-order valence-electron chi connectivity index (χ4n) is 3.14. The van der Waals surface area contributed by atoms with E-state index in [-0.39, 0.29) is 0 Å². The molecular formula is C18H22N2. The van der Waals surface area contributed by atoms with Crippen molar-refractivity contribution in [2.24, 2.45) is 5.84 Å². The average Bonchev–Trinajstić information content (AvgIpc) is 2.45. The summed E-state index contributed by atoms with van der Waals surface area (Å²) in [5.41, 5.74) is 8.67. The first-order valence-corrected chi connectivity index (χ1v) is 7.35. The number of hydrogen-bond donors (Lipinski definition) is 2. The van der Waals surface area contributed by atoms with E-state index in [2.05, 4.69) is 60.9 Å². The Labute approximate surface area is 121 Å². The summed E-state index contributed by atoms with van der Waals surface area (Å²) >= 11 is 0. The van der Waals surface area contributed by atoms with Crippen molar-refractivity contribution in [3.63, 3.8) is 0 Å². The zero-order valence-electron chi connectivity index (χ0n) is 12.0. The second kappa shape index (κ2) is 5.78. The summed E-state index contributed by atoms with van der Waals surface area (Å²) in [6.07, 6.45) is 3.30. The molecule has 0 saturated heterocycles. The van der Waals surface area contributed by atoms with Gasteiger partial charge in [-0.2, -0.15) is 0 Å². The third-order valence-corrected chi connectivity index (χ3v) is 4.37. The van der Waals surface area contributed by atoms with E-state index in [1.807, 2.05) is 0 Å². The molecule has 0 heterocycles. The van der Waals surface area contributed by atoms with Crippen LogP contribution in [0.15, 0.2) is 48.5 Å². The van der Waals surface area contributed by atoms with Crippen LogP contribution >= 0.6 is 0 Å². The van der Waals surface area contributed by atoms with E-state index in [0.717, 1.165) is 12.8 Å². The van der Waals surface area contributed by atoms with Crippen LogP contribution in [0.1, 0.15) is 34.6 Å². The van der Waals surface area contributed by atoms with Crippen LogP contribution in [0.2, 0.25) is 0 Å². The van der Waals surface area contributed by atoms with Gasteiger partial charge in [0.05, 0.1) is 0 Å². The maximum absolute atomic E-state index is 5.75. The lowest BCUT2D eigenvalue weighted by Crippen LogP contribution is -2.39. The van der Waals surface area contributed by atoms with Crippen LogP contribution in [-0.2, 0) is 12.8 Å². The van der Waals surface area contributed by atoms with Crippen molar-refractivity contribution in [1.82, 2.24) is 5.43 Å². The van der Waals surface area contributed by atoms with Gasteiger partial charge in [-0.15, -0.1) is 0 Å². The summed E-state index contributed by atoms with van der Waals surface area (Å²) in [7, 11) is 0. The van der Waals surface area contributed by atoms with E-state index >= 15 is 0 Å². The largest absolute Gasteiger partial charge is 0.271 e. The summed E-state index contributed by atoms with van der Waals surface area (Å²) in [6.45, 7) is 2.12. The van der Waals surface area contributed by atoms with Gasteiger partial charge in [-0.1, -0.05) is 54.1 Å². The smallest absolute Gasteiger partial charge is 0.0256 e. The molecule has 0 amide bonds. The van der Waals surface area contributed by atoms with Crippen LogP contribution < -0.4 is 11.3 Å². The number of fused-ring (bicyclic) bond motifs is 1. The summed E-state index contributed by atoms with van der Waals surface area (Å²) in [5, 5.41) is 0. The predicted octanol–water partition coefficient (Wildman–Crippen LogP) is 3.10. The molecule has 2 unspecified atom stereocenters. The molecule has 1 aliphatic carbocycles. The maximum atomic E-state index is 5.75. The minimum absolute atomic E-state index is 0.344. The van der Waals surface area contributed by atoms with Crippen LogP contribution in [-0.4, -0.2) is 6.04 Å². The van der Waals surface area contributed by atoms with E-state index in [9.17, 15) is 0 Å². The van der Waals surface area contributed by atoms with Crippen molar-refractivity contribution >= 4 is 0 Å². The van der Waals surface area contributed by atoms with Crippen molar-refractivity contribution in [3.05, 3.63) is 70.8 Å². The fraction of sp³-hybridized carbons (Fsp3) is 0.333. The quantitative estimate of drug-likeness (QED) is 0.644. The van der Waals surface area contributed by atoms with Crippen LogP contribution in [0, 0.1) is 6.92 Å². The van der Waals surface area contributed by atoms with Gasteiger partial charge in [-0.05, 0) is 48.8 Å². The molecule has 0 saturated carbocycles. The van der Waals surface area contributed by atoms with Crippen LogP contribution in [0.3, 0.4) is 0 Å². The second-order valence-electron chi connectivity index (χ2n) is 5.89. The van der Waals surface area contributed by atoms with Gasteiger partial charge in [0, 0.05) is 6.04 Å². The predicted molar refractivity (Wildman–Crippen MR) is 83.5 cm³/mol. The number of nitrogens with two attached hydrogens (primary N) is 1. The van der Waals surface area contributed by atoms with Crippen molar-refractivity contribution in [2.45, 2.75) is 38.1 Å². The highest BCUT2D eigenvalue weighted by Crippen LogP contribution is 2.38. The van der Waals surface area contributed by atoms with Crippen molar-refractivity contribution in [1.29, 1.82) is 0 Å². The molecule has 0 aliphatic heterocycles. The molecule has 2 aromatic rings. The molecule has 104 valence electrons. The normalized spacial score (nSPS) is 18.2. The Morgan fingerprint density at radius 3 is 2.60 bits per heavy atom. The minimum atomic E-state index is 0.344. The number of hydrazine groups is 1. The number of benzene rings is 2. The number of aryl methyl sites for hydroxylation is 1. The summed E-state index contributed by atoms with van der Waals surface area (Å²) < 4.78 is 0. The molecule has 0 spiro atoms. The molecular weight excluding hydrogens is 244 g/mol. The van der Waals surface area contributed by atoms with Gasteiger partial charge in [0.25, 0.3) is 0 Å². The molecule has 0 radical (unpaired) electrons. The Bertz CT molecular complexity index is 574.